The molecule has 0 heterocycles. The van der Waals surface area contributed by atoms with E-state index < -0.39 is 23.8 Å². The summed E-state index contributed by atoms with van der Waals surface area (Å²) in [7, 11) is 0. The van der Waals surface area contributed by atoms with Gasteiger partial charge in [-0.2, -0.15) is 22.0 Å². The summed E-state index contributed by atoms with van der Waals surface area (Å²) >= 11 is 0. The van der Waals surface area contributed by atoms with E-state index in [0.29, 0.717) is 12.1 Å². The van der Waals surface area contributed by atoms with Gasteiger partial charge in [0.15, 0.2) is 0 Å². The molecule has 1 rings (SSSR count). The maximum absolute atomic E-state index is 13.0. The quantitative estimate of drug-likeness (QED) is 0.814. The standard InChI is InChI=1S/C10H10F5NO/c11-9(12,10(13,14)15)7-3-1-2-6(4-7)8(17)5-16/h1-4,8,17H,5,16H2/t8-/m0/s1. The number of hydrogen-bond donors (Lipinski definition) is 2. The molecule has 0 aliphatic rings. The van der Waals surface area contributed by atoms with Crippen molar-refractivity contribution in [2.45, 2.75) is 18.2 Å². The molecule has 0 saturated carbocycles. The fraction of sp³-hybridized carbons (Fsp3) is 0.400. The molecule has 0 unspecified atom stereocenters. The van der Waals surface area contributed by atoms with Crippen LogP contribution in [0.4, 0.5) is 22.0 Å². The number of benzene rings is 1. The maximum Gasteiger partial charge on any atom is 0.458 e. The Morgan fingerprint density at radius 3 is 2.24 bits per heavy atom. The monoisotopic (exact) mass is 255 g/mol. The van der Waals surface area contributed by atoms with Crippen LogP contribution in [0, 0.1) is 0 Å². The third kappa shape index (κ3) is 2.73. The van der Waals surface area contributed by atoms with E-state index in [-0.39, 0.29) is 12.1 Å². The second-order valence-corrected chi connectivity index (χ2v) is 3.45. The van der Waals surface area contributed by atoms with Gasteiger partial charge in [-0.25, -0.2) is 0 Å². The lowest BCUT2D eigenvalue weighted by atomic mass is 10.0. The van der Waals surface area contributed by atoms with Crippen LogP contribution in [0.5, 0.6) is 0 Å². The molecule has 0 aliphatic heterocycles. The lowest BCUT2D eigenvalue weighted by Crippen LogP contribution is -2.33. The second kappa shape index (κ2) is 4.58. The number of aliphatic hydroxyl groups excluding tert-OH is 1. The Morgan fingerprint density at radius 2 is 1.76 bits per heavy atom. The van der Waals surface area contributed by atoms with Crippen LogP contribution in [-0.4, -0.2) is 17.8 Å². The fourth-order valence-corrected chi connectivity index (χ4v) is 1.24. The van der Waals surface area contributed by atoms with Crippen LogP contribution < -0.4 is 5.73 Å². The fourth-order valence-electron chi connectivity index (χ4n) is 1.24. The van der Waals surface area contributed by atoms with Crippen molar-refractivity contribution >= 4 is 0 Å². The minimum absolute atomic E-state index is 0.0751. The van der Waals surface area contributed by atoms with Crippen LogP contribution in [-0.2, 0) is 5.92 Å². The summed E-state index contributed by atoms with van der Waals surface area (Å²) in [5.74, 6) is -4.95. The van der Waals surface area contributed by atoms with Gasteiger partial charge in [-0.3, -0.25) is 0 Å². The number of alkyl halides is 5. The molecule has 1 aromatic carbocycles. The molecule has 1 atom stereocenters. The molecular weight excluding hydrogens is 245 g/mol. The van der Waals surface area contributed by atoms with Crippen molar-refractivity contribution in [3.05, 3.63) is 35.4 Å². The number of hydrogen-bond acceptors (Lipinski definition) is 2. The van der Waals surface area contributed by atoms with Gasteiger partial charge in [0.05, 0.1) is 6.10 Å². The summed E-state index contributed by atoms with van der Waals surface area (Å²) < 4.78 is 62.2. The van der Waals surface area contributed by atoms with Crippen LogP contribution in [0.15, 0.2) is 24.3 Å². The first-order valence-electron chi connectivity index (χ1n) is 4.63. The molecule has 1 aromatic rings. The van der Waals surface area contributed by atoms with E-state index in [1.165, 1.54) is 6.07 Å². The highest BCUT2D eigenvalue weighted by Crippen LogP contribution is 2.44. The number of halogens is 5. The third-order valence-electron chi connectivity index (χ3n) is 2.21. The van der Waals surface area contributed by atoms with Gasteiger partial charge in [0.1, 0.15) is 0 Å². The molecular formula is C10H10F5NO. The van der Waals surface area contributed by atoms with Crippen molar-refractivity contribution in [3.8, 4) is 0 Å². The highest BCUT2D eigenvalue weighted by Gasteiger charge is 2.58. The van der Waals surface area contributed by atoms with E-state index in [2.05, 4.69) is 0 Å². The molecule has 0 aliphatic carbocycles. The first kappa shape index (κ1) is 13.9. The smallest absolute Gasteiger partial charge is 0.387 e. The van der Waals surface area contributed by atoms with Gasteiger partial charge in [-0.1, -0.05) is 18.2 Å². The maximum atomic E-state index is 13.0. The first-order chi connectivity index (χ1) is 7.70. The van der Waals surface area contributed by atoms with Crippen LogP contribution in [0.2, 0.25) is 0 Å². The van der Waals surface area contributed by atoms with Crippen molar-refractivity contribution in [1.82, 2.24) is 0 Å². The first-order valence-corrected chi connectivity index (χ1v) is 4.63. The number of aliphatic hydroxyl groups is 1. The molecule has 2 nitrogen and oxygen atoms in total. The van der Waals surface area contributed by atoms with Crippen molar-refractivity contribution in [2.75, 3.05) is 6.54 Å². The predicted molar refractivity (Wildman–Crippen MR) is 50.4 cm³/mol. The topological polar surface area (TPSA) is 46.2 Å². The van der Waals surface area contributed by atoms with Crippen LogP contribution >= 0.6 is 0 Å². The largest absolute Gasteiger partial charge is 0.458 e. The average Bonchev–Trinajstić information content (AvgIpc) is 2.26. The van der Waals surface area contributed by atoms with Crippen molar-refractivity contribution in [2.24, 2.45) is 5.73 Å². The summed E-state index contributed by atoms with van der Waals surface area (Å²) in [5, 5.41) is 9.27. The Bertz CT molecular complexity index is 391. The molecule has 96 valence electrons. The Kier molecular flexibility index (Phi) is 3.73. The van der Waals surface area contributed by atoms with Crippen molar-refractivity contribution in [1.29, 1.82) is 0 Å². The third-order valence-corrected chi connectivity index (χ3v) is 2.21. The Morgan fingerprint density at radius 1 is 1.18 bits per heavy atom. The summed E-state index contributed by atoms with van der Waals surface area (Å²) in [4.78, 5) is 0. The Hall–Kier alpha value is -1.21. The molecule has 0 spiro atoms. The number of rotatable bonds is 3. The lowest BCUT2D eigenvalue weighted by Gasteiger charge is -2.21. The van der Waals surface area contributed by atoms with Crippen LogP contribution in [0.3, 0.4) is 0 Å². The molecule has 0 bridgehead atoms. The second-order valence-electron chi connectivity index (χ2n) is 3.45. The normalized spacial score (nSPS) is 14.8. The van der Waals surface area contributed by atoms with Crippen molar-refractivity contribution in [3.63, 3.8) is 0 Å². The van der Waals surface area contributed by atoms with E-state index in [4.69, 9.17) is 5.73 Å². The molecule has 17 heavy (non-hydrogen) atoms. The zero-order valence-electron chi connectivity index (χ0n) is 8.51. The lowest BCUT2D eigenvalue weighted by molar-refractivity contribution is -0.289. The van der Waals surface area contributed by atoms with Gasteiger partial charge < -0.3 is 10.8 Å². The van der Waals surface area contributed by atoms with Crippen LogP contribution in [0.25, 0.3) is 0 Å². The summed E-state index contributed by atoms with van der Waals surface area (Å²) in [6.07, 6.45) is -6.93. The van der Waals surface area contributed by atoms with E-state index in [1.807, 2.05) is 0 Å². The molecule has 0 radical (unpaired) electrons. The summed E-state index contributed by atoms with van der Waals surface area (Å²) in [5.41, 5.74) is 3.80. The Balaban J connectivity index is 3.16. The van der Waals surface area contributed by atoms with E-state index in [9.17, 15) is 27.1 Å². The minimum Gasteiger partial charge on any atom is -0.387 e. The van der Waals surface area contributed by atoms with Gasteiger partial charge in [-0.15, -0.1) is 0 Å². The minimum atomic E-state index is -5.67. The molecule has 7 heteroatoms. The highest BCUT2D eigenvalue weighted by molar-refractivity contribution is 5.29. The van der Waals surface area contributed by atoms with E-state index in [0.717, 1.165) is 6.07 Å². The van der Waals surface area contributed by atoms with Gasteiger partial charge in [0, 0.05) is 12.1 Å². The molecule has 0 amide bonds. The van der Waals surface area contributed by atoms with Crippen LogP contribution in [0.1, 0.15) is 17.2 Å². The molecule has 3 N–H and O–H groups in total. The zero-order chi connectivity index (χ0) is 13.3. The SMILES string of the molecule is NC[C@H](O)c1cccc(C(F)(F)C(F)(F)F)c1. The van der Waals surface area contributed by atoms with E-state index >= 15 is 0 Å². The van der Waals surface area contributed by atoms with Crippen molar-refractivity contribution < 1.29 is 27.1 Å². The summed E-state index contributed by atoms with van der Waals surface area (Å²) in [6.45, 7) is -0.263. The molecule has 0 saturated heterocycles. The van der Waals surface area contributed by atoms with Gasteiger partial charge >= 0.3 is 12.1 Å². The highest BCUT2D eigenvalue weighted by atomic mass is 19.4. The molecule has 0 aromatic heterocycles. The van der Waals surface area contributed by atoms with Gasteiger partial charge in [0.25, 0.3) is 0 Å². The van der Waals surface area contributed by atoms with E-state index in [1.54, 1.807) is 0 Å². The predicted octanol–water partition coefficient (Wildman–Crippen LogP) is 2.33. The van der Waals surface area contributed by atoms with Gasteiger partial charge in [-0.05, 0) is 11.6 Å². The summed E-state index contributed by atoms with van der Waals surface area (Å²) in [6, 6.07) is 3.50. The van der Waals surface area contributed by atoms with Gasteiger partial charge in [0.2, 0.25) is 0 Å². The Labute approximate surface area is 93.9 Å². The average molecular weight is 255 g/mol. The zero-order valence-corrected chi connectivity index (χ0v) is 8.51. The molecule has 0 fully saturated rings. The number of nitrogens with two attached hydrogens (primary N) is 1.